The fourth-order valence-electron chi connectivity index (χ4n) is 1.57. The molecule has 126 valence electrons. The molecule has 0 rings (SSSR count). The topological polar surface area (TPSA) is 136 Å². The molecule has 0 aromatic rings. The number of esters is 2. The highest BCUT2D eigenvalue weighted by molar-refractivity contribution is 5.89. The van der Waals surface area contributed by atoms with Gasteiger partial charge in [-0.25, -0.2) is 0 Å². The van der Waals surface area contributed by atoms with Crippen LogP contribution in [0.2, 0.25) is 0 Å². The first-order valence-corrected chi connectivity index (χ1v) is 6.89. The lowest BCUT2D eigenvalue weighted by molar-refractivity contribution is -0.154. The lowest BCUT2D eigenvalue weighted by atomic mass is 10.1. The number of carbonyl (C=O) groups is 4. The van der Waals surface area contributed by atoms with Gasteiger partial charge in [0.05, 0.1) is 19.3 Å². The molecule has 22 heavy (non-hydrogen) atoms. The van der Waals surface area contributed by atoms with Crippen LogP contribution >= 0.6 is 0 Å². The number of amides is 1. The van der Waals surface area contributed by atoms with Crippen LogP contribution in [0.3, 0.4) is 0 Å². The van der Waals surface area contributed by atoms with E-state index in [1.807, 2.05) is 0 Å². The molecule has 0 heterocycles. The van der Waals surface area contributed by atoms with E-state index in [2.05, 4.69) is 0 Å². The van der Waals surface area contributed by atoms with Crippen LogP contribution in [0.1, 0.15) is 26.7 Å². The molecule has 0 fully saturated rings. The number of carboxylic acid groups (broad SMARTS) is 1. The summed E-state index contributed by atoms with van der Waals surface area (Å²) in [6.45, 7) is 2.57. The summed E-state index contributed by atoms with van der Waals surface area (Å²) in [5, 5.41) is 8.58. The van der Waals surface area contributed by atoms with Crippen molar-refractivity contribution in [3.63, 3.8) is 0 Å². The normalized spacial score (nSPS) is 11.4. The third-order valence-electron chi connectivity index (χ3n) is 2.55. The number of nitrogens with zero attached hydrogens (tertiary/aromatic N) is 1. The van der Waals surface area contributed by atoms with Crippen LogP contribution in [0.4, 0.5) is 0 Å². The molecule has 9 nitrogen and oxygen atoms in total. The number of carboxylic acids is 1. The fraction of sp³-hybridized carbons (Fsp3) is 0.692. The summed E-state index contributed by atoms with van der Waals surface area (Å²) in [5.74, 6) is -3.18. The van der Waals surface area contributed by atoms with Crippen LogP contribution in [0, 0.1) is 0 Å². The highest BCUT2D eigenvalue weighted by Crippen LogP contribution is 2.02. The van der Waals surface area contributed by atoms with Crippen molar-refractivity contribution in [2.45, 2.75) is 32.7 Å². The third kappa shape index (κ3) is 8.20. The average molecular weight is 318 g/mol. The molecular weight excluding hydrogens is 296 g/mol. The number of carbonyl (C=O) groups excluding carboxylic acids is 3. The van der Waals surface area contributed by atoms with Gasteiger partial charge < -0.3 is 25.2 Å². The molecular formula is C13H22N2O7. The Kier molecular flexibility index (Phi) is 9.51. The van der Waals surface area contributed by atoms with Crippen molar-refractivity contribution in [3.05, 3.63) is 0 Å². The minimum atomic E-state index is -1.13. The Labute approximate surface area is 128 Å². The maximum absolute atomic E-state index is 12.1. The first-order chi connectivity index (χ1) is 10.3. The second-order valence-electron chi connectivity index (χ2n) is 4.34. The van der Waals surface area contributed by atoms with E-state index in [9.17, 15) is 19.2 Å². The number of hydrogen-bond donors (Lipinski definition) is 2. The zero-order valence-electron chi connectivity index (χ0n) is 12.7. The van der Waals surface area contributed by atoms with Gasteiger partial charge in [0.15, 0.2) is 0 Å². The van der Waals surface area contributed by atoms with Gasteiger partial charge >= 0.3 is 17.9 Å². The Bertz CT molecular complexity index is 391. The van der Waals surface area contributed by atoms with E-state index >= 15 is 0 Å². The summed E-state index contributed by atoms with van der Waals surface area (Å²) in [5.41, 5.74) is 5.61. The van der Waals surface area contributed by atoms with Gasteiger partial charge in [-0.15, -0.1) is 0 Å². The van der Waals surface area contributed by atoms with Gasteiger partial charge in [-0.2, -0.15) is 0 Å². The predicted octanol–water partition coefficient (Wildman–Crippen LogP) is -0.867. The summed E-state index contributed by atoms with van der Waals surface area (Å²) in [6.07, 6.45) is -0.393. The molecule has 0 aliphatic heterocycles. The van der Waals surface area contributed by atoms with Crippen molar-refractivity contribution in [2.24, 2.45) is 5.73 Å². The number of rotatable bonds is 10. The van der Waals surface area contributed by atoms with E-state index in [1.54, 1.807) is 13.8 Å². The average Bonchev–Trinajstić information content (AvgIpc) is 2.43. The predicted molar refractivity (Wildman–Crippen MR) is 74.7 cm³/mol. The number of ether oxygens (including phenoxy) is 2. The van der Waals surface area contributed by atoms with Crippen LogP contribution in [0.5, 0.6) is 0 Å². The zero-order chi connectivity index (χ0) is 17.1. The maximum atomic E-state index is 12.1. The molecule has 0 bridgehead atoms. The van der Waals surface area contributed by atoms with Crippen LogP contribution in [0.25, 0.3) is 0 Å². The van der Waals surface area contributed by atoms with E-state index < -0.39 is 42.9 Å². The van der Waals surface area contributed by atoms with E-state index in [-0.39, 0.29) is 26.1 Å². The number of hydrogen-bond acceptors (Lipinski definition) is 7. The van der Waals surface area contributed by atoms with Gasteiger partial charge in [-0.1, -0.05) is 0 Å². The molecule has 1 atom stereocenters. The molecule has 0 spiro atoms. The smallest absolute Gasteiger partial charge is 0.325 e. The minimum absolute atomic E-state index is 0.101. The molecule has 0 unspecified atom stereocenters. The Morgan fingerprint density at radius 1 is 1.05 bits per heavy atom. The van der Waals surface area contributed by atoms with Gasteiger partial charge in [-0.05, 0) is 20.3 Å². The van der Waals surface area contributed by atoms with Crippen molar-refractivity contribution in [3.8, 4) is 0 Å². The maximum Gasteiger partial charge on any atom is 0.325 e. The molecule has 0 aromatic carbocycles. The second kappa shape index (κ2) is 10.6. The van der Waals surface area contributed by atoms with Crippen LogP contribution in [0.15, 0.2) is 0 Å². The van der Waals surface area contributed by atoms with Gasteiger partial charge in [0.1, 0.15) is 13.1 Å². The second-order valence-corrected chi connectivity index (χ2v) is 4.34. The Morgan fingerprint density at radius 3 is 1.86 bits per heavy atom. The van der Waals surface area contributed by atoms with Gasteiger partial charge in [0.25, 0.3) is 0 Å². The van der Waals surface area contributed by atoms with E-state index in [4.69, 9.17) is 20.3 Å². The molecule has 1 amide bonds. The number of nitrogens with two attached hydrogens (primary N) is 1. The summed E-state index contributed by atoms with van der Waals surface area (Å²) >= 11 is 0. The van der Waals surface area contributed by atoms with Crippen molar-refractivity contribution in [1.82, 2.24) is 4.90 Å². The monoisotopic (exact) mass is 318 g/mol. The highest BCUT2D eigenvalue weighted by atomic mass is 16.5. The SMILES string of the molecule is CCOC(=O)CN(CC(=O)OCC)C(=O)[C@H](N)CCC(=O)O. The third-order valence-corrected chi connectivity index (χ3v) is 2.55. The van der Waals surface area contributed by atoms with Gasteiger partial charge in [0.2, 0.25) is 5.91 Å². The molecule has 0 saturated carbocycles. The molecule has 9 heteroatoms. The first-order valence-electron chi connectivity index (χ1n) is 6.89. The van der Waals surface area contributed by atoms with Crippen molar-refractivity contribution >= 4 is 23.8 Å². The lowest BCUT2D eigenvalue weighted by Crippen LogP contribution is -2.48. The molecule has 3 N–H and O–H groups in total. The minimum Gasteiger partial charge on any atom is -0.481 e. The van der Waals surface area contributed by atoms with Gasteiger partial charge in [-0.3, -0.25) is 19.2 Å². The zero-order valence-corrected chi connectivity index (χ0v) is 12.7. The molecule has 0 radical (unpaired) electrons. The van der Waals surface area contributed by atoms with E-state index in [1.165, 1.54) is 0 Å². The van der Waals surface area contributed by atoms with E-state index in [0.717, 1.165) is 4.90 Å². The highest BCUT2D eigenvalue weighted by Gasteiger charge is 2.26. The van der Waals surface area contributed by atoms with Crippen LogP contribution < -0.4 is 5.73 Å². The Balaban J connectivity index is 4.79. The fourth-order valence-corrected chi connectivity index (χ4v) is 1.57. The lowest BCUT2D eigenvalue weighted by Gasteiger charge is -2.23. The largest absolute Gasteiger partial charge is 0.481 e. The molecule has 0 saturated heterocycles. The first kappa shape index (κ1) is 19.8. The summed E-state index contributed by atoms with van der Waals surface area (Å²) < 4.78 is 9.44. The van der Waals surface area contributed by atoms with Gasteiger partial charge in [0, 0.05) is 6.42 Å². The van der Waals surface area contributed by atoms with Crippen molar-refractivity contribution < 1.29 is 33.8 Å². The van der Waals surface area contributed by atoms with Crippen LogP contribution in [-0.2, 0) is 28.7 Å². The summed E-state index contributed by atoms with van der Waals surface area (Å²) in [7, 11) is 0. The Morgan fingerprint density at radius 2 is 1.50 bits per heavy atom. The standard InChI is InChI=1S/C13H22N2O7/c1-3-21-11(18)7-15(8-12(19)22-4-2)13(20)9(14)5-6-10(16)17/h9H,3-8,14H2,1-2H3,(H,16,17)/t9-/m1/s1. The molecule has 0 aliphatic carbocycles. The summed E-state index contributed by atoms with van der Waals surface area (Å²) in [4.78, 5) is 46.5. The molecule has 0 aliphatic rings. The number of aliphatic carboxylic acids is 1. The quantitative estimate of drug-likeness (QED) is 0.496. The molecule has 0 aromatic heterocycles. The van der Waals surface area contributed by atoms with E-state index in [0.29, 0.717) is 0 Å². The van der Waals surface area contributed by atoms with Crippen molar-refractivity contribution in [1.29, 1.82) is 0 Å². The summed E-state index contributed by atoms with van der Waals surface area (Å²) in [6, 6.07) is -1.13. The Hall–Kier alpha value is -2.16. The van der Waals surface area contributed by atoms with Crippen LogP contribution in [-0.4, -0.2) is 66.2 Å². The van der Waals surface area contributed by atoms with Crippen molar-refractivity contribution in [2.75, 3.05) is 26.3 Å².